The number of sulfonamides is 1. The molecule has 0 saturated carbocycles. The Kier molecular flexibility index (Phi) is 5.41. The number of nitrogens with two attached hydrogens (primary N) is 1. The predicted octanol–water partition coefficient (Wildman–Crippen LogP) is 0.606. The third-order valence-corrected chi connectivity index (χ3v) is 3.27. The molecule has 0 aliphatic carbocycles. The minimum absolute atomic E-state index is 0.0311. The summed E-state index contributed by atoms with van der Waals surface area (Å²) in [5.41, 5.74) is 5.80. The molecule has 0 aromatic rings. The molecule has 1 amide bonds. The normalized spacial score (nSPS) is 14.6. The van der Waals surface area contributed by atoms with Gasteiger partial charge in [0, 0.05) is 12.5 Å². The van der Waals surface area contributed by atoms with Gasteiger partial charge in [-0.1, -0.05) is 20.8 Å². The molecular weight excluding hydrogens is 228 g/mol. The molecule has 0 aliphatic rings. The maximum absolute atomic E-state index is 11.3. The standard InChI is InChI=1S/C10H22N2O3S/c1-5-16(14,15)12-9(13)6-8(11)7-10(2,3)4/h8H,5-7,11H2,1-4H3,(H,12,13). The van der Waals surface area contributed by atoms with E-state index in [4.69, 9.17) is 5.73 Å². The number of hydrogen-bond donors (Lipinski definition) is 2. The third kappa shape index (κ3) is 7.64. The van der Waals surface area contributed by atoms with E-state index in [1.54, 1.807) is 0 Å². The largest absolute Gasteiger partial charge is 0.327 e. The molecule has 16 heavy (non-hydrogen) atoms. The van der Waals surface area contributed by atoms with Gasteiger partial charge < -0.3 is 5.73 Å². The van der Waals surface area contributed by atoms with Crippen molar-refractivity contribution in [1.82, 2.24) is 4.72 Å². The zero-order valence-corrected chi connectivity index (χ0v) is 11.2. The fourth-order valence-corrected chi connectivity index (χ4v) is 1.96. The van der Waals surface area contributed by atoms with Crippen LogP contribution in [-0.4, -0.2) is 26.1 Å². The molecule has 0 fully saturated rings. The Morgan fingerprint density at radius 1 is 1.38 bits per heavy atom. The summed E-state index contributed by atoms with van der Waals surface area (Å²) in [6.07, 6.45) is 0.711. The van der Waals surface area contributed by atoms with Crippen LogP contribution < -0.4 is 10.5 Å². The molecule has 0 bridgehead atoms. The highest BCUT2D eigenvalue weighted by molar-refractivity contribution is 7.90. The topological polar surface area (TPSA) is 89.3 Å². The van der Waals surface area contributed by atoms with Gasteiger partial charge in [-0.05, 0) is 18.8 Å². The van der Waals surface area contributed by atoms with Gasteiger partial charge in [-0.25, -0.2) is 8.42 Å². The number of amides is 1. The van der Waals surface area contributed by atoms with Crippen LogP contribution in [0.25, 0.3) is 0 Å². The van der Waals surface area contributed by atoms with E-state index in [1.165, 1.54) is 6.92 Å². The van der Waals surface area contributed by atoms with Crippen LogP contribution in [0.4, 0.5) is 0 Å². The fraction of sp³-hybridized carbons (Fsp3) is 0.900. The molecule has 1 unspecified atom stereocenters. The molecule has 0 aromatic heterocycles. The molecule has 1 atom stereocenters. The van der Waals surface area contributed by atoms with Crippen molar-refractivity contribution in [3.05, 3.63) is 0 Å². The van der Waals surface area contributed by atoms with Crippen molar-refractivity contribution >= 4 is 15.9 Å². The van der Waals surface area contributed by atoms with Crippen molar-refractivity contribution in [2.24, 2.45) is 11.1 Å². The van der Waals surface area contributed by atoms with Gasteiger partial charge in [0.25, 0.3) is 0 Å². The first-order valence-electron chi connectivity index (χ1n) is 5.34. The average molecular weight is 250 g/mol. The summed E-state index contributed by atoms with van der Waals surface area (Å²) in [6.45, 7) is 7.54. The second kappa shape index (κ2) is 5.63. The lowest BCUT2D eigenvalue weighted by Crippen LogP contribution is -2.37. The fourth-order valence-electron chi connectivity index (χ4n) is 1.38. The van der Waals surface area contributed by atoms with E-state index in [0.717, 1.165) is 0 Å². The minimum atomic E-state index is -3.46. The van der Waals surface area contributed by atoms with Gasteiger partial charge in [0.05, 0.1) is 5.75 Å². The molecule has 0 aromatic carbocycles. The van der Waals surface area contributed by atoms with Crippen LogP contribution in [0.1, 0.15) is 40.5 Å². The number of nitrogens with one attached hydrogen (secondary N) is 1. The average Bonchev–Trinajstić information content (AvgIpc) is 1.98. The van der Waals surface area contributed by atoms with Gasteiger partial charge in [-0.3, -0.25) is 9.52 Å². The minimum Gasteiger partial charge on any atom is -0.327 e. The van der Waals surface area contributed by atoms with Crippen LogP contribution >= 0.6 is 0 Å². The van der Waals surface area contributed by atoms with Crippen LogP contribution in [0.15, 0.2) is 0 Å². The van der Waals surface area contributed by atoms with E-state index in [0.29, 0.717) is 6.42 Å². The number of carbonyl (C=O) groups is 1. The van der Waals surface area contributed by atoms with Crippen LogP contribution in [-0.2, 0) is 14.8 Å². The summed E-state index contributed by atoms with van der Waals surface area (Å²) in [7, 11) is -3.46. The molecule has 0 spiro atoms. The van der Waals surface area contributed by atoms with E-state index in [2.05, 4.69) is 0 Å². The Labute approximate surface area is 97.8 Å². The lowest BCUT2D eigenvalue weighted by Gasteiger charge is -2.22. The number of rotatable bonds is 5. The molecule has 6 heteroatoms. The maximum Gasteiger partial charge on any atom is 0.234 e. The Morgan fingerprint density at radius 3 is 2.25 bits per heavy atom. The van der Waals surface area contributed by atoms with Crippen LogP contribution in [0.2, 0.25) is 0 Å². The van der Waals surface area contributed by atoms with Gasteiger partial charge in [-0.15, -0.1) is 0 Å². The Hall–Kier alpha value is -0.620. The summed E-state index contributed by atoms with van der Waals surface area (Å²) in [5, 5.41) is 0. The molecule has 0 aliphatic heterocycles. The molecule has 0 radical (unpaired) electrons. The summed E-state index contributed by atoms with van der Waals surface area (Å²) < 4.78 is 24.2. The smallest absolute Gasteiger partial charge is 0.234 e. The molecule has 0 heterocycles. The highest BCUT2D eigenvalue weighted by Crippen LogP contribution is 2.20. The van der Waals surface area contributed by atoms with Gasteiger partial charge in [0.1, 0.15) is 0 Å². The molecule has 0 saturated heterocycles. The summed E-state index contributed by atoms with van der Waals surface area (Å²) >= 11 is 0. The van der Waals surface area contributed by atoms with Crippen molar-refractivity contribution in [1.29, 1.82) is 0 Å². The van der Waals surface area contributed by atoms with Crippen molar-refractivity contribution in [3.8, 4) is 0 Å². The van der Waals surface area contributed by atoms with Crippen molar-refractivity contribution < 1.29 is 13.2 Å². The Balaban J connectivity index is 4.17. The highest BCUT2D eigenvalue weighted by Gasteiger charge is 2.20. The third-order valence-electron chi connectivity index (χ3n) is 1.97. The Bertz CT molecular complexity index is 330. The van der Waals surface area contributed by atoms with E-state index in [9.17, 15) is 13.2 Å². The second-order valence-electron chi connectivity index (χ2n) is 5.16. The van der Waals surface area contributed by atoms with Gasteiger partial charge in [-0.2, -0.15) is 0 Å². The monoisotopic (exact) mass is 250 g/mol. The summed E-state index contributed by atoms with van der Waals surface area (Å²) in [4.78, 5) is 11.3. The van der Waals surface area contributed by atoms with Gasteiger partial charge in [0.2, 0.25) is 15.9 Å². The van der Waals surface area contributed by atoms with Crippen LogP contribution in [0, 0.1) is 5.41 Å². The SMILES string of the molecule is CCS(=O)(=O)NC(=O)CC(N)CC(C)(C)C. The first-order valence-corrected chi connectivity index (χ1v) is 7.00. The van der Waals surface area contributed by atoms with Gasteiger partial charge >= 0.3 is 0 Å². The molecular formula is C10H22N2O3S. The number of carbonyl (C=O) groups excluding carboxylic acids is 1. The lowest BCUT2D eigenvalue weighted by atomic mass is 9.87. The van der Waals surface area contributed by atoms with Crippen molar-refractivity contribution in [3.63, 3.8) is 0 Å². The Morgan fingerprint density at radius 2 is 1.88 bits per heavy atom. The molecule has 96 valence electrons. The van der Waals surface area contributed by atoms with Gasteiger partial charge in [0.15, 0.2) is 0 Å². The van der Waals surface area contributed by atoms with E-state index < -0.39 is 15.9 Å². The quantitative estimate of drug-likeness (QED) is 0.748. The lowest BCUT2D eigenvalue weighted by molar-refractivity contribution is -0.119. The first kappa shape index (κ1) is 15.4. The first-order chi connectivity index (χ1) is 7.06. The molecule has 3 N–H and O–H groups in total. The van der Waals surface area contributed by atoms with Crippen molar-refractivity contribution in [2.75, 3.05) is 5.75 Å². The van der Waals surface area contributed by atoms with E-state index >= 15 is 0 Å². The summed E-state index contributed by atoms with van der Waals surface area (Å²) in [5.74, 6) is -0.633. The second-order valence-corrected chi connectivity index (χ2v) is 7.17. The predicted molar refractivity (Wildman–Crippen MR) is 64.3 cm³/mol. The summed E-state index contributed by atoms with van der Waals surface area (Å²) in [6, 6.07) is -0.313. The highest BCUT2D eigenvalue weighted by atomic mass is 32.2. The van der Waals surface area contributed by atoms with E-state index in [-0.39, 0.29) is 23.6 Å². The molecule has 0 rings (SSSR count). The van der Waals surface area contributed by atoms with E-state index in [1.807, 2.05) is 25.5 Å². The van der Waals surface area contributed by atoms with Crippen molar-refractivity contribution in [2.45, 2.75) is 46.6 Å². The van der Waals surface area contributed by atoms with Crippen LogP contribution in [0.5, 0.6) is 0 Å². The zero-order chi connectivity index (χ0) is 13.0. The maximum atomic E-state index is 11.3. The molecule has 5 nitrogen and oxygen atoms in total. The number of hydrogen-bond acceptors (Lipinski definition) is 4. The zero-order valence-electron chi connectivity index (χ0n) is 10.4. The van der Waals surface area contributed by atoms with Crippen LogP contribution in [0.3, 0.4) is 0 Å².